The molecule has 6 rings (SSSR count). The van der Waals surface area contributed by atoms with Crippen molar-refractivity contribution in [2.24, 2.45) is 0 Å². The summed E-state index contributed by atoms with van der Waals surface area (Å²) in [6.07, 6.45) is 0. The van der Waals surface area contributed by atoms with E-state index in [1.54, 1.807) is 0 Å². The lowest BCUT2D eigenvalue weighted by molar-refractivity contribution is 0.104. The fourth-order valence-electron chi connectivity index (χ4n) is 4.96. The zero-order valence-corrected chi connectivity index (χ0v) is 21.6. The van der Waals surface area contributed by atoms with Crippen LogP contribution in [-0.2, 0) is 5.41 Å². The molecule has 0 fully saturated rings. The molecule has 5 heteroatoms. The van der Waals surface area contributed by atoms with Crippen molar-refractivity contribution in [3.05, 3.63) is 101 Å². The zero-order valence-electron chi connectivity index (χ0n) is 21.6. The molecule has 0 atom stereocenters. The average molecular weight is 489 g/mol. The van der Waals surface area contributed by atoms with Gasteiger partial charge >= 0.3 is 0 Å². The van der Waals surface area contributed by atoms with Gasteiger partial charge in [0, 0.05) is 22.9 Å². The average Bonchev–Trinajstić information content (AvgIpc) is 3.31. The van der Waals surface area contributed by atoms with Crippen LogP contribution in [0.3, 0.4) is 0 Å². The van der Waals surface area contributed by atoms with Crippen LogP contribution in [-0.4, -0.2) is 10.9 Å². The minimum Gasteiger partial charge on any atom is -0.455 e. The first kappa shape index (κ1) is 23.0. The van der Waals surface area contributed by atoms with Gasteiger partial charge in [0.15, 0.2) is 22.8 Å². The first-order valence-electron chi connectivity index (χ1n) is 12.4. The number of anilines is 2. The second kappa shape index (κ2) is 8.34. The lowest BCUT2D eigenvalue weighted by Crippen LogP contribution is -2.12. The van der Waals surface area contributed by atoms with Crippen LogP contribution < -0.4 is 10.1 Å². The smallest absolute Gasteiger partial charge is 0.196 e. The fourth-order valence-corrected chi connectivity index (χ4v) is 4.96. The number of aryl methyl sites for hydroxylation is 2. The summed E-state index contributed by atoms with van der Waals surface area (Å²) >= 11 is 0. The van der Waals surface area contributed by atoms with Crippen LogP contribution in [0.15, 0.2) is 77.3 Å². The standard InChI is InChI=1S/C32H28N2O3/c1-18-10-15-24(19(2)16-18)33-25-17-26(36-21-13-11-20(12-14-21)32(3,4)5)29-28-27(25)30(35)22-8-6-7-9-23(22)31(28)37-34-29/h6-17,33H,1-5H3. The first-order valence-corrected chi connectivity index (χ1v) is 12.4. The predicted octanol–water partition coefficient (Wildman–Crippen LogP) is 8.49. The van der Waals surface area contributed by atoms with Crippen LogP contribution in [0.25, 0.3) is 22.2 Å². The molecule has 1 aliphatic rings. The van der Waals surface area contributed by atoms with Gasteiger partial charge in [-0.1, -0.05) is 80.0 Å². The molecule has 5 aromatic rings. The highest BCUT2D eigenvalue weighted by Gasteiger charge is 2.33. The maximum absolute atomic E-state index is 13.8. The normalized spacial score (nSPS) is 12.5. The van der Waals surface area contributed by atoms with Crippen molar-refractivity contribution in [2.75, 3.05) is 5.32 Å². The molecule has 1 aromatic heterocycles. The summed E-state index contributed by atoms with van der Waals surface area (Å²) < 4.78 is 12.2. The van der Waals surface area contributed by atoms with Gasteiger partial charge in [0.25, 0.3) is 0 Å². The number of hydrogen-bond donors (Lipinski definition) is 1. The van der Waals surface area contributed by atoms with Crippen molar-refractivity contribution >= 4 is 28.1 Å². The molecule has 4 aromatic carbocycles. The lowest BCUT2D eigenvalue weighted by Gasteiger charge is -2.21. The van der Waals surface area contributed by atoms with Crippen molar-refractivity contribution in [1.29, 1.82) is 0 Å². The largest absolute Gasteiger partial charge is 0.455 e. The Bertz CT molecular complexity index is 1690. The van der Waals surface area contributed by atoms with Crippen molar-refractivity contribution < 1.29 is 14.1 Å². The number of fused-ring (bicyclic) bond motifs is 2. The van der Waals surface area contributed by atoms with E-state index in [0.717, 1.165) is 16.8 Å². The van der Waals surface area contributed by atoms with E-state index >= 15 is 0 Å². The number of carbonyl (C=O) groups is 1. The molecule has 1 heterocycles. The highest BCUT2D eigenvalue weighted by molar-refractivity contribution is 6.28. The maximum Gasteiger partial charge on any atom is 0.196 e. The number of aromatic nitrogens is 1. The summed E-state index contributed by atoms with van der Waals surface area (Å²) in [7, 11) is 0. The number of nitrogens with zero attached hydrogens (tertiary/aromatic N) is 1. The van der Waals surface area contributed by atoms with E-state index < -0.39 is 0 Å². The van der Waals surface area contributed by atoms with Crippen molar-refractivity contribution in [3.8, 4) is 22.8 Å². The van der Waals surface area contributed by atoms with Gasteiger partial charge in [-0.2, -0.15) is 0 Å². The van der Waals surface area contributed by atoms with E-state index in [4.69, 9.17) is 9.26 Å². The van der Waals surface area contributed by atoms with Crippen LogP contribution in [0.5, 0.6) is 11.5 Å². The third kappa shape index (κ3) is 3.87. The van der Waals surface area contributed by atoms with E-state index in [0.29, 0.717) is 45.0 Å². The topological polar surface area (TPSA) is 64.4 Å². The minimum atomic E-state index is -0.0651. The number of benzene rings is 4. The van der Waals surface area contributed by atoms with Crippen LogP contribution in [0.2, 0.25) is 0 Å². The molecule has 0 radical (unpaired) electrons. The van der Waals surface area contributed by atoms with Crippen molar-refractivity contribution in [3.63, 3.8) is 0 Å². The number of carbonyl (C=O) groups excluding carboxylic acids is 1. The molecule has 0 amide bonds. The van der Waals surface area contributed by atoms with Gasteiger partial charge in [0.2, 0.25) is 0 Å². The minimum absolute atomic E-state index is 0.0439. The Morgan fingerprint density at radius 3 is 2.30 bits per heavy atom. The van der Waals surface area contributed by atoms with Gasteiger partial charge in [0.1, 0.15) is 5.75 Å². The quantitative estimate of drug-likeness (QED) is 0.269. The Kier molecular flexibility index (Phi) is 5.19. The molecule has 1 aliphatic carbocycles. The Labute approximate surface area is 216 Å². The predicted molar refractivity (Wildman–Crippen MR) is 147 cm³/mol. The molecule has 0 aliphatic heterocycles. The molecule has 0 saturated heterocycles. The first-order chi connectivity index (χ1) is 17.7. The number of ether oxygens (including phenoxy) is 1. The zero-order chi connectivity index (χ0) is 25.9. The van der Waals surface area contributed by atoms with Gasteiger partial charge in [-0.05, 0) is 48.6 Å². The fraction of sp³-hybridized carbons (Fsp3) is 0.188. The van der Waals surface area contributed by atoms with E-state index in [-0.39, 0.29) is 11.2 Å². The second-order valence-corrected chi connectivity index (χ2v) is 10.7. The molecule has 184 valence electrons. The second-order valence-electron chi connectivity index (χ2n) is 10.7. The summed E-state index contributed by atoms with van der Waals surface area (Å²) in [5.74, 6) is 1.73. The molecule has 5 nitrogen and oxygen atoms in total. The van der Waals surface area contributed by atoms with Crippen LogP contribution in [0, 0.1) is 13.8 Å². The van der Waals surface area contributed by atoms with Gasteiger partial charge in [-0.3, -0.25) is 4.79 Å². The number of rotatable bonds is 4. The molecule has 1 N–H and O–H groups in total. The maximum atomic E-state index is 13.8. The third-order valence-electron chi connectivity index (χ3n) is 6.96. The Morgan fingerprint density at radius 1 is 0.865 bits per heavy atom. The highest BCUT2D eigenvalue weighted by atomic mass is 16.5. The lowest BCUT2D eigenvalue weighted by atomic mass is 9.86. The summed E-state index contributed by atoms with van der Waals surface area (Å²) in [5, 5.41) is 8.55. The molecule has 0 unspecified atom stereocenters. The summed E-state index contributed by atoms with van der Waals surface area (Å²) in [6, 6.07) is 23.6. The highest BCUT2D eigenvalue weighted by Crippen LogP contribution is 2.47. The Balaban J connectivity index is 1.53. The van der Waals surface area contributed by atoms with Gasteiger partial charge < -0.3 is 14.6 Å². The summed E-state index contributed by atoms with van der Waals surface area (Å²) in [6.45, 7) is 10.7. The molecular weight excluding hydrogens is 460 g/mol. The number of hydrogen-bond acceptors (Lipinski definition) is 5. The molecule has 0 bridgehead atoms. The SMILES string of the molecule is Cc1ccc(Nc2cc(Oc3ccc(C(C)(C)C)cc3)c3noc4c3c2C(=O)c2ccccc2-4)c(C)c1. The van der Waals surface area contributed by atoms with E-state index in [9.17, 15) is 4.79 Å². The monoisotopic (exact) mass is 488 g/mol. The Morgan fingerprint density at radius 2 is 1.59 bits per heavy atom. The summed E-state index contributed by atoms with van der Waals surface area (Å²) in [5.41, 5.74) is 7.51. The third-order valence-corrected chi connectivity index (χ3v) is 6.96. The molecule has 0 saturated carbocycles. The van der Waals surface area contributed by atoms with Crippen molar-refractivity contribution in [1.82, 2.24) is 5.16 Å². The van der Waals surface area contributed by atoms with Crippen LogP contribution in [0.1, 0.15) is 53.4 Å². The summed E-state index contributed by atoms with van der Waals surface area (Å²) in [4.78, 5) is 13.8. The molecular formula is C32H28N2O3. The van der Waals surface area contributed by atoms with Gasteiger partial charge in [0.05, 0.1) is 16.6 Å². The Hall–Kier alpha value is -4.38. The number of nitrogens with one attached hydrogen (secondary N) is 1. The molecule has 0 spiro atoms. The van der Waals surface area contributed by atoms with Gasteiger partial charge in [-0.15, -0.1) is 0 Å². The van der Waals surface area contributed by atoms with Crippen LogP contribution in [0.4, 0.5) is 11.4 Å². The van der Waals surface area contributed by atoms with E-state index in [1.807, 2.05) is 48.5 Å². The van der Waals surface area contributed by atoms with E-state index in [2.05, 4.69) is 69.4 Å². The van der Waals surface area contributed by atoms with Gasteiger partial charge in [-0.25, -0.2) is 0 Å². The van der Waals surface area contributed by atoms with Crippen LogP contribution >= 0.6 is 0 Å². The molecule has 37 heavy (non-hydrogen) atoms. The number of ketones is 1. The van der Waals surface area contributed by atoms with E-state index in [1.165, 1.54) is 11.1 Å². The van der Waals surface area contributed by atoms with Crippen molar-refractivity contribution in [2.45, 2.75) is 40.0 Å².